The Bertz CT molecular complexity index is 604. The molecule has 0 bridgehead atoms. The van der Waals surface area contributed by atoms with Gasteiger partial charge in [-0.25, -0.2) is 4.79 Å². The van der Waals surface area contributed by atoms with E-state index in [2.05, 4.69) is 21.2 Å². The Hall–Kier alpha value is -2.09. The molecule has 0 aromatic heterocycles. The van der Waals surface area contributed by atoms with Crippen LogP contribution in [-0.4, -0.2) is 54.0 Å². The Morgan fingerprint density at radius 2 is 2.19 bits per heavy atom. The van der Waals surface area contributed by atoms with Gasteiger partial charge in [-0.2, -0.15) is 0 Å². The van der Waals surface area contributed by atoms with Crippen LogP contribution >= 0.6 is 15.9 Å². The van der Waals surface area contributed by atoms with E-state index >= 15 is 0 Å². The number of halogens is 1. The van der Waals surface area contributed by atoms with Crippen molar-refractivity contribution < 1.29 is 24.2 Å². The van der Waals surface area contributed by atoms with Crippen molar-refractivity contribution in [2.24, 2.45) is 0 Å². The van der Waals surface area contributed by atoms with E-state index in [1.165, 1.54) is 13.2 Å². The number of hydrogen-bond donors (Lipinski definition) is 2. The number of ether oxygens (including phenoxy) is 1. The van der Waals surface area contributed by atoms with Gasteiger partial charge in [0, 0.05) is 11.0 Å². The molecule has 1 atom stereocenters. The molecule has 112 valence electrons. The minimum atomic E-state index is -1.17. The standard InChI is InChI=1S/C13H13BrN2O5/c1-21-10-4-7(14)2-3-8(10)12(18)16-6-11(17)15-5-9(16)13(19)20/h2-4,9H,5-6H2,1H3,(H,15,17)(H,19,20). The van der Waals surface area contributed by atoms with E-state index in [-0.39, 0.29) is 18.7 Å². The summed E-state index contributed by atoms with van der Waals surface area (Å²) in [5.41, 5.74) is 0.210. The number of carboxylic acids is 1. The maximum absolute atomic E-state index is 12.5. The third-order valence-corrected chi connectivity index (χ3v) is 3.62. The van der Waals surface area contributed by atoms with E-state index in [1.54, 1.807) is 12.1 Å². The zero-order valence-electron chi connectivity index (χ0n) is 11.1. The molecular formula is C13H13BrN2O5. The Balaban J connectivity index is 2.36. The lowest BCUT2D eigenvalue weighted by Gasteiger charge is -2.33. The highest BCUT2D eigenvalue weighted by atomic mass is 79.9. The molecule has 1 heterocycles. The Labute approximate surface area is 129 Å². The average molecular weight is 357 g/mol. The number of carbonyl (C=O) groups is 3. The second-order valence-corrected chi connectivity index (χ2v) is 5.35. The van der Waals surface area contributed by atoms with Crippen LogP contribution in [0.15, 0.2) is 22.7 Å². The molecule has 1 aliphatic heterocycles. The van der Waals surface area contributed by atoms with Gasteiger partial charge in [0.2, 0.25) is 5.91 Å². The molecule has 1 fully saturated rings. The summed E-state index contributed by atoms with van der Waals surface area (Å²) in [6, 6.07) is 3.68. The molecule has 0 aliphatic carbocycles. The highest BCUT2D eigenvalue weighted by molar-refractivity contribution is 9.10. The summed E-state index contributed by atoms with van der Waals surface area (Å²) in [6.45, 7) is -0.409. The third kappa shape index (κ3) is 3.15. The average Bonchev–Trinajstić information content (AvgIpc) is 2.45. The molecular weight excluding hydrogens is 344 g/mol. The molecule has 1 aromatic carbocycles. The van der Waals surface area contributed by atoms with Crippen molar-refractivity contribution in [2.75, 3.05) is 20.2 Å². The number of rotatable bonds is 3. The molecule has 1 saturated heterocycles. The van der Waals surface area contributed by atoms with Crippen molar-refractivity contribution in [3.63, 3.8) is 0 Å². The van der Waals surface area contributed by atoms with Gasteiger partial charge in [0.1, 0.15) is 18.3 Å². The van der Waals surface area contributed by atoms with Gasteiger partial charge < -0.3 is 20.1 Å². The molecule has 1 unspecified atom stereocenters. The van der Waals surface area contributed by atoms with Crippen LogP contribution in [0.4, 0.5) is 0 Å². The normalized spacial score (nSPS) is 18.1. The molecule has 2 rings (SSSR count). The van der Waals surface area contributed by atoms with Crippen LogP contribution in [-0.2, 0) is 9.59 Å². The number of nitrogens with zero attached hydrogens (tertiary/aromatic N) is 1. The van der Waals surface area contributed by atoms with Crippen LogP contribution < -0.4 is 10.1 Å². The van der Waals surface area contributed by atoms with Crippen molar-refractivity contribution >= 4 is 33.7 Å². The first-order valence-corrected chi connectivity index (χ1v) is 6.87. The summed E-state index contributed by atoms with van der Waals surface area (Å²) in [7, 11) is 1.41. The number of amides is 2. The monoisotopic (exact) mass is 356 g/mol. The van der Waals surface area contributed by atoms with Gasteiger partial charge in [-0.05, 0) is 18.2 Å². The number of carbonyl (C=O) groups excluding carboxylic acids is 2. The SMILES string of the molecule is COc1cc(Br)ccc1C(=O)N1CC(=O)NCC1C(=O)O. The molecule has 8 heteroatoms. The number of piperazine rings is 1. The van der Waals surface area contributed by atoms with Crippen molar-refractivity contribution in [3.8, 4) is 5.75 Å². The van der Waals surface area contributed by atoms with Gasteiger partial charge in [0.15, 0.2) is 0 Å². The van der Waals surface area contributed by atoms with Crippen LogP contribution in [0.25, 0.3) is 0 Å². The number of methoxy groups -OCH3 is 1. The largest absolute Gasteiger partial charge is 0.496 e. The first-order chi connectivity index (χ1) is 9.93. The molecule has 2 N–H and O–H groups in total. The molecule has 1 aliphatic rings. The molecule has 2 amide bonds. The van der Waals surface area contributed by atoms with E-state index in [9.17, 15) is 19.5 Å². The van der Waals surface area contributed by atoms with E-state index in [1.807, 2.05) is 0 Å². The second kappa shape index (κ2) is 6.13. The first-order valence-electron chi connectivity index (χ1n) is 6.08. The van der Waals surface area contributed by atoms with E-state index in [0.29, 0.717) is 5.75 Å². The molecule has 21 heavy (non-hydrogen) atoms. The highest BCUT2D eigenvalue weighted by Gasteiger charge is 2.36. The van der Waals surface area contributed by atoms with E-state index < -0.39 is 23.8 Å². The zero-order valence-corrected chi connectivity index (χ0v) is 12.7. The van der Waals surface area contributed by atoms with Crippen LogP contribution in [0.1, 0.15) is 10.4 Å². The van der Waals surface area contributed by atoms with Gasteiger partial charge in [-0.3, -0.25) is 9.59 Å². The maximum atomic E-state index is 12.5. The number of hydrogen-bond acceptors (Lipinski definition) is 4. The Morgan fingerprint density at radius 1 is 1.48 bits per heavy atom. The van der Waals surface area contributed by atoms with Gasteiger partial charge in [0.25, 0.3) is 5.91 Å². The van der Waals surface area contributed by atoms with Gasteiger partial charge >= 0.3 is 5.97 Å². The highest BCUT2D eigenvalue weighted by Crippen LogP contribution is 2.25. The number of benzene rings is 1. The third-order valence-electron chi connectivity index (χ3n) is 3.12. The van der Waals surface area contributed by atoms with E-state index in [4.69, 9.17) is 4.74 Å². The predicted octanol–water partition coefficient (Wildman–Crippen LogP) is 0.483. The fourth-order valence-electron chi connectivity index (χ4n) is 2.07. The number of carboxylic acid groups (broad SMARTS) is 1. The Kier molecular flexibility index (Phi) is 4.46. The first kappa shape index (κ1) is 15.3. The lowest BCUT2D eigenvalue weighted by Crippen LogP contribution is -2.59. The second-order valence-electron chi connectivity index (χ2n) is 4.44. The van der Waals surface area contributed by atoms with Crippen LogP contribution in [0, 0.1) is 0 Å². The fraction of sp³-hybridized carbons (Fsp3) is 0.308. The smallest absolute Gasteiger partial charge is 0.328 e. The summed E-state index contributed by atoms with van der Waals surface area (Å²) < 4.78 is 5.86. The van der Waals surface area contributed by atoms with Crippen molar-refractivity contribution in [1.29, 1.82) is 0 Å². The summed E-state index contributed by atoms with van der Waals surface area (Å²) in [6.07, 6.45) is 0. The van der Waals surface area contributed by atoms with Gasteiger partial charge in [0.05, 0.1) is 12.7 Å². The molecule has 0 spiro atoms. The van der Waals surface area contributed by atoms with Crippen molar-refractivity contribution in [2.45, 2.75) is 6.04 Å². The summed E-state index contributed by atoms with van der Waals surface area (Å²) in [4.78, 5) is 36.3. The van der Waals surface area contributed by atoms with Crippen molar-refractivity contribution in [3.05, 3.63) is 28.2 Å². The van der Waals surface area contributed by atoms with Crippen molar-refractivity contribution in [1.82, 2.24) is 10.2 Å². The lowest BCUT2D eigenvalue weighted by molar-refractivity contribution is -0.144. The van der Waals surface area contributed by atoms with Crippen LogP contribution in [0.3, 0.4) is 0 Å². The van der Waals surface area contributed by atoms with Gasteiger partial charge in [-0.1, -0.05) is 15.9 Å². The topological polar surface area (TPSA) is 95.9 Å². The Morgan fingerprint density at radius 3 is 2.81 bits per heavy atom. The minimum absolute atomic E-state index is 0.112. The maximum Gasteiger partial charge on any atom is 0.328 e. The minimum Gasteiger partial charge on any atom is -0.496 e. The molecule has 0 radical (unpaired) electrons. The van der Waals surface area contributed by atoms with Gasteiger partial charge in [-0.15, -0.1) is 0 Å². The number of aliphatic carboxylic acids is 1. The molecule has 0 saturated carbocycles. The summed E-state index contributed by atoms with van der Waals surface area (Å²) in [5.74, 6) is -1.80. The lowest BCUT2D eigenvalue weighted by atomic mass is 10.1. The summed E-state index contributed by atoms with van der Waals surface area (Å²) in [5, 5.41) is 11.6. The fourth-order valence-corrected chi connectivity index (χ4v) is 2.41. The zero-order chi connectivity index (χ0) is 15.6. The number of nitrogens with one attached hydrogen (secondary N) is 1. The molecule has 7 nitrogen and oxygen atoms in total. The summed E-state index contributed by atoms with van der Waals surface area (Å²) >= 11 is 3.26. The predicted molar refractivity (Wildman–Crippen MR) is 76.2 cm³/mol. The van der Waals surface area contributed by atoms with Crippen LogP contribution in [0.5, 0.6) is 5.75 Å². The molecule has 1 aromatic rings. The van der Waals surface area contributed by atoms with Crippen LogP contribution in [0.2, 0.25) is 0 Å². The quantitative estimate of drug-likeness (QED) is 0.821. The van der Waals surface area contributed by atoms with E-state index in [0.717, 1.165) is 9.37 Å².